The molecule has 1 aliphatic rings. The molecule has 0 aromatic carbocycles. The monoisotopic (exact) mass is 154 g/mol. The number of hydrogen-bond donors (Lipinski definition) is 2. The lowest BCUT2D eigenvalue weighted by atomic mass is 10.6. The van der Waals surface area contributed by atoms with Gasteiger partial charge in [-0.25, -0.2) is 0 Å². The zero-order valence-corrected chi connectivity index (χ0v) is 6.90. The van der Waals surface area contributed by atoms with Gasteiger partial charge < -0.3 is 16.2 Å². The second-order valence-electron chi connectivity index (χ2n) is 1.69. The largest absolute Gasteiger partial charge is 0.353 e. The zero-order chi connectivity index (χ0) is 6.57. The zero-order valence-electron chi connectivity index (χ0n) is 6.15. The van der Waals surface area contributed by atoms with Crippen molar-refractivity contribution in [3.05, 3.63) is 0 Å². The van der Waals surface area contributed by atoms with E-state index in [1.54, 1.807) is 0 Å². The van der Waals surface area contributed by atoms with E-state index in [0.29, 0.717) is 6.10 Å². The van der Waals surface area contributed by atoms with Gasteiger partial charge in [0.2, 0.25) is 0 Å². The number of alkyl halides is 1. The SMILES string of the molecule is CC1OC1Cl.CNC.N. The maximum absolute atomic E-state index is 5.31. The van der Waals surface area contributed by atoms with Gasteiger partial charge in [0.15, 0.2) is 5.56 Å². The Morgan fingerprint density at radius 3 is 1.56 bits per heavy atom. The van der Waals surface area contributed by atoms with Crippen LogP contribution in [0, 0.1) is 0 Å². The summed E-state index contributed by atoms with van der Waals surface area (Å²) in [5.74, 6) is 0. The highest BCUT2D eigenvalue weighted by molar-refractivity contribution is 6.21. The molecule has 4 heteroatoms. The molecule has 4 N–H and O–H groups in total. The quantitative estimate of drug-likeness (QED) is 0.404. The molecule has 0 radical (unpaired) electrons. The van der Waals surface area contributed by atoms with Crippen LogP contribution >= 0.6 is 11.6 Å². The van der Waals surface area contributed by atoms with Crippen LogP contribution in [0.5, 0.6) is 0 Å². The number of halogens is 1. The van der Waals surface area contributed by atoms with E-state index in [2.05, 4.69) is 10.1 Å². The van der Waals surface area contributed by atoms with E-state index in [-0.39, 0.29) is 11.7 Å². The van der Waals surface area contributed by atoms with Crippen LogP contribution in [0.2, 0.25) is 0 Å². The molecule has 2 unspecified atom stereocenters. The predicted molar refractivity (Wildman–Crippen MR) is 40.2 cm³/mol. The van der Waals surface area contributed by atoms with E-state index >= 15 is 0 Å². The third kappa shape index (κ3) is 8.17. The average molecular weight is 155 g/mol. The topological polar surface area (TPSA) is 59.6 Å². The summed E-state index contributed by atoms with van der Waals surface area (Å²) in [5, 5.41) is 2.75. The maximum atomic E-state index is 5.31. The summed E-state index contributed by atoms with van der Waals surface area (Å²) < 4.78 is 4.68. The first-order valence-corrected chi connectivity index (χ1v) is 3.04. The molecule has 0 saturated carbocycles. The van der Waals surface area contributed by atoms with Crippen molar-refractivity contribution >= 4 is 11.6 Å². The van der Waals surface area contributed by atoms with Crippen molar-refractivity contribution in [2.24, 2.45) is 0 Å². The van der Waals surface area contributed by atoms with Crippen molar-refractivity contribution in [3.63, 3.8) is 0 Å². The highest BCUT2D eigenvalue weighted by Gasteiger charge is 2.30. The van der Waals surface area contributed by atoms with Crippen LogP contribution in [0.1, 0.15) is 6.92 Å². The smallest absolute Gasteiger partial charge is 0.157 e. The fraction of sp³-hybridized carbons (Fsp3) is 1.00. The molecule has 1 aliphatic heterocycles. The summed E-state index contributed by atoms with van der Waals surface area (Å²) in [4.78, 5) is 0. The maximum Gasteiger partial charge on any atom is 0.157 e. The number of rotatable bonds is 0. The average Bonchev–Trinajstić information content (AvgIpc) is 2.22. The van der Waals surface area contributed by atoms with E-state index in [1.165, 1.54) is 0 Å². The standard InChI is InChI=1S/C3H5ClO.C2H7N.H3N/c1-2-3(4)5-2;1-3-2;/h2-3H,1H3;3H,1-2H3;1H3. The number of hydrogen-bond acceptors (Lipinski definition) is 3. The summed E-state index contributed by atoms with van der Waals surface area (Å²) in [6.45, 7) is 1.94. The van der Waals surface area contributed by atoms with Gasteiger partial charge in [-0.2, -0.15) is 0 Å². The Balaban J connectivity index is 0. The van der Waals surface area contributed by atoms with Gasteiger partial charge in [-0.05, 0) is 21.0 Å². The number of nitrogens with one attached hydrogen (secondary N) is 1. The molecule has 3 nitrogen and oxygen atoms in total. The fourth-order valence-corrected chi connectivity index (χ4v) is 0.322. The van der Waals surface area contributed by atoms with E-state index in [9.17, 15) is 0 Å². The van der Waals surface area contributed by atoms with Crippen LogP contribution < -0.4 is 11.5 Å². The van der Waals surface area contributed by atoms with Crippen LogP contribution in [-0.4, -0.2) is 25.8 Å². The normalized spacial score (nSPS) is 29.3. The van der Waals surface area contributed by atoms with Crippen LogP contribution in [-0.2, 0) is 4.74 Å². The Kier molecular flexibility index (Phi) is 8.32. The third-order valence-electron chi connectivity index (χ3n) is 0.637. The van der Waals surface area contributed by atoms with Crippen molar-refractivity contribution in [2.75, 3.05) is 14.1 Å². The van der Waals surface area contributed by atoms with Crippen LogP contribution in [0.15, 0.2) is 0 Å². The number of epoxide rings is 1. The van der Waals surface area contributed by atoms with Gasteiger partial charge in [-0.1, -0.05) is 11.6 Å². The lowest BCUT2D eigenvalue weighted by Crippen LogP contribution is -1.89. The minimum Gasteiger partial charge on any atom is -0.353 e. The molecule has 0 aliphatic carbocycles. The van der Waals surface area contributed by atoms with Crippen LogP contribution in [0.3, 0.4) is 0 Å². The van der Waals surface area contributed by atoms with Gasteiger partial charge in [-0.15, -0.1) is 0 Å². The van der Waals surface area contributed by atoms with Gasteiger partial charge in [0, 0.05) is 0 Å². The molecule has 0 spiro atoms. The minimum atomic E-state index is 0. The van der Waals surface area contributed by atoms with E-state index in [1.807, 2.05) is 21.0 Å². The number of ether oxygens (including phenoxy) is 1. The van der Waals surface area contributed by atoms with Crippen molar-refractivity contribution in [1.29, 1.82) is 0 Å². The highest BCUT2D eigenvalue weighted by Crippen LogP contribution is 2.23. The Bertz CT molecular complexity index is 56.9. The molecule has 0 aromatic rings. The van der Waals surface area contributed by atoms with Crippen LogP contribution in [0.4, 0.5) is 0 Å². The van der Waals surface area contributed by atoms with Gasteiger partial charge in [-0.3, -0.25) is 0 Å². The molecule has 2 atom stereocenters. The van der Waals surface area contributed by atoms with Crippen molar-refractivity contribution in [3.8, 4) is 0 Å². The fourth-order valence-electron chi connectivity index (χ4n) is 0.160. The molecule has 0 bridgehead atoms. The minimum absolute atomic E-state index is 0. The second-order valence-corrected chi connectivity index (χ2v) is 2.12. The van der Waals surface area contributed by atoms with E-state index in [0.717, 1.165) is 0 Å². The summed E-state index contributed by atoms with van der Waals surface area (Å²) in [7, 11) is 3.75. The molecule has 1 fully saturated rings. The van der Waals surface area contributed by atoms with Gasteiger partial charge in [0.05, 0.1) is 6.10 Å². The van der Waals surface area contributed by atoms with Crippen molar-refractivity contribution in [1.82, 2.24) is 11.5 Å². The third-order valence-corrected chi connectivity index (χ3v) is 1.09. The van der Waals surface area contributed by atoms with Gasteiger partial charge >= 0.3 is 0 Å². The molecular weight excluding hydrogens is 140 g/mol. The molecule has 0 amide bonds. The van der Waals surface area contributed by atoms with Crippen molar-refractivity contribution in [2.45, 2.75) is 18.6 Å². The molecule has 1 rings (SSSR count). The summed E-state index contributed by atoms with van der Waals surface area (Å²) in [6.07, 6.45) is 0.316. The molecular formula is C5H15ClN2O. The second kappa shape index (κ2) is 6.29. The Morgan fingerprint density at radius 1 is 1.44 bits per heavy atom. The summed E-state index contributed by atoms with van der Waals surface area (Å²) in [6, 6.07) is 0. The van der Waals surface area contributed by atoms with Crippen molar-refractivity contribution < 1.29 is 4.74 Å². The Hall–Kier alpha value is 0.170. The summed E-state index contributed by atoms with van der Waals surface area (Å²) >= 11 is 5.31. The van der Waals surface area contributed by atoms with Gasteiger partial charge in [0.1, 0.15) is 0 Å². The Morgan fingerprint density at radius 2 is 1.56 bits per heavy atom. The summed E-state index contributed by atoms with van der Waals surface area (Å²) in [5.41, 5.74) is 0.0231. The first-order valence-electron chi connectivity index (χ1n) is 2.60. The predicted octanol–water partition coefficient (Wildman–Crippen LogP) is 0.968. The molecule has 0 aromatic heterocycles. The highest BCUT2D eigenvalue weighted by atomic mass is 35.5. The lowest BCUT2D eigenvalue weighted by molar-refractivity contribution is 0.411. The van der Waals surface area contributed by atoms with E-state index in [4.69, 9.17) is 11.6 Å². The first-order chi connectivity index (χ1) is 3.72. The Labute approximate surface area is 61.3 Å². The lowest BCUT2D eigenvalue weighted by Gasteiger charge is -1.59. The molecule has 58 valence electrons. The molecule has 9 heavy (non-hydrogen) atoms. The van der Waals surface area contributed by atoms with E-state index < -0.39 is 0 Å². The first kappa shape index (κ1) is 11.9. The van der Waals surface area contributed by atoms with Crippen LogP contribution in [0.25, 0.3) is 0 Å². The van der Waals surface area contributed by atoms with Gasteiger partial charge in [0.25, 0.3) is 0 Å². The molecule has 1 saturated heterocycles. The molecule has 1 heterocycles.